The largest absolute Gasteiger partial charge is 0.469 e. The number of ketones is 1. The normalized spacial score (nSPS) is 28.3. The van der Waals surface area contributed by atoms with E-state index in [9.17, 15) is 14.4 Å². The number of para-hydroxylation sites is 1. The zero-order valence-electron chi connectivity index (χ0n) is 15.9. The van der Waals surface area contributed by atoms with Gasteiger partial charge < -0.3 is 9.64 Å². The van der Waals surface area contributed by atoms with Crippen LogP contribution in [0.4, 0.5) is 5.69 Å². The Labute approximate surface area is 159 Å². The van der Waals surface area contributed by atoms with Gasteiger partial charge in [0.2, 0.25) is 5.91 Å². The molecule has 2 aliphatic carbocycles. The highest BCUT2D eigenvalue weighted by Crippen LogP contribution is 2.52. The molecule has 3 aliphatic rings. The SMILES string of the molecule is COC(=O)[C@@H]1CC(C2CCCCC2)=CC(=O)[C@@]12C(=O)N(C)c1ccccc12. The van der Waals surface area contributed by atoms with Gasteiger partial charge in [0.15, 0.2) is 11.2 Å². The highest BCUT2D eigenvalue weighted by molar-refractivity contribution is 6.27. The molecule has 5 nitrogen and oxygen atoms in total. The number of esters is 1. The molecule has 27 heavy (non-hydrogen) atoms. The molecule has 1 aromatic rings. The minimum absolute atomic E-state index is 0.272. The van der Waals surface area contributed by atoms with E-state index < -0.39 is 17.3 Å². The summed E-state index contributed by atoms with van der Waals surface area (Å²) in [6, 6.07) is 7.27. The number of amides is 1. The predicted octanol–water partition coefficient (Wildman–Crippen LogP) is 3.17. The van der Waals surface area contributed by atoms with Crippen molar-refractivity contribution in [3.05, 3.63) is 41.5 Å². The minimum atomic E-state index is -1.49. The van der Waals surface area contributed by atoms with Crippen LogP contribution in [0.25, 0.3) is 0 Å². The van der Waals surface area contributed by atoms with Crippen LogP contribution in [0.2, 0.25) is 0 Å². The lowest BCUT2D eigenvalue weighted by atomic mass is 9.61. The molecule has 0 saturated heterocycles. The van der Waals surface area contributed by atoms with E-state index in [1.807, 2.05) is 18.2 Å². The number of rotatable bonds is 2. The monoisotopic (exact) mass is 367 g/mol. The summed E-state index contributed by atoms with van der Waals surface area (Å²) in [4.78, 5) is 41.1. The first kappa shape index (κ1) is 18.0. The third-order valence-corrected chi connectivity index (χ3v) is 6.62. The second kappa shape index (κ2) is 6.63. The lowest BCUT2D eigenvalue weighted by Gasteiger charge is -2.38. The van der Waals surface area contributed by atoms with E-state index >= 15 is 0 Å². The van der Waals surface area contributed by atoms with E-state index in [4.69, 9.17) is 4.74 Å². The zero-order chi connectivity index (χ0) is 19.2. The molecule has 0 unspecified atom stereocenters. The maximum absolute atomic E-state index is 13.5. The number of likely N-dealkylation sites (N-methyl/N-ethyl adjacent to an activating group) is 1. The molecule has 142 valence electrons. The Morgan fingerprint density at radius 3 is 2.56 bits per heavy atom. The Kier molecular flexibility index (Phi) is 4.41. The van der Waals surface area contributed by atoms with Gasteiger partial charge in [-0.25, -0.2) is 0 Å². The molecule has 5 heteroatoms. The highest BCUT2D eigenvalue weighted by atomic mass is 16.5. The molecule has 1 saturated carbocycles. The maximum atomic E-state index is 13.5. The number of ether oxygens (including phenoxy) is 1. The molecule has 4 rings (SSSR count). The Bertz CT molecular complexity index is 836. The van der Waals surface area contributed by atoms with Crippen LogP contribution >= 0.6 is 0 Å². The summed E-state index contributed by atoms with van der Waals surface area (Å²) in [5.41, 5.74) is 0.841. The average Bonchev–Trinajstić information content (AvgIpc) is 2.93. The molecule has 1 heterocycles. The molecule has 1 aliphatic heterocycles. The van der Waals surface area contributed by atoms with Gasteiger partial charge >= 0.3 is 5.97 Å². The summed E-state index contributed by atoms with van der Waals surface area (Å²) in [7, 11) is 2.99. The number of methoxy groups -OCH3 is 1. The molecule has 1 aromatic carbocycles. The van der Waals surface area contributed by atoms with Crippen molar-refractivity contribution in [3.63, 3.8) is 0 Å². The van der Waals surface area contributed by atoms with Gasteiger partial charge in [-0.15, -0.1) is 0 Å². The van der Waals surface area contributed by atoms with Gasteiger partial charge in [0, 0.05) is 18.3 Å². The van der Waals surface area contributed by atoms with Gasteiger partial charge in [-0.2, -0.15) is 0 Å². The van der Waals surface area contributed by atoms with Crippen molar-refractivity contribution in [1.29, 1.82) is 0 Å². The summed E-state index contributed by atoms with van der Waals surface area (Å²) < 4.78 is 5.07. The molecule has 1 spiro atoms. The number of fused-ring (bicyclic) bond motifs is 2. The van der Waals surface area contributed by atoms with Crippen LogP contribution in [-0.2, 0) is 24.5 Å². The quantitative estimate of drug-likeness (QED) is 0.595. The Balaban J connectivity index is 1.86. The molecule has 0 aromatic heterocycles. The van der Waals surface area contributed by atoms with Crippen molar-refractivity contribution in [2.75, 3.05) is 19.1 Å². The summed E-state index contributed by atoms with van der Waals surface area (Å²) in [5.74, 6) is -1.56. The minimum Gasteiger partial charge on any atom is -0.469 e. The fourth-order valence-electron chi connectivity index (χ4n) is 5.23. The smallest absolute Gasteiger partial charge is 0.310 e. The van der Waals surface area contributed by atoms with Crippen molar-refractivity contribution in [2.45, 2.75) is 43.9 Å². The third kappa shape index (κ3) is 2.47. The molecule has 0 bridgehead atoms. The first-order valence-electron chi connectivity index (χ1n) is 9.72. The van der Waals surface area contributed by atoms with Crippen LogP contribution in [0.5, 0.6) is 0 Å². The lowest BCUT2D eigenvalue weighted by Crippen LogP contribution is -2.55. The van der Waals surface area contributed by atoms with Crippen molar-refractivity contribution in [1.82, 2.24) is 0 Å². The predicted molar refractivity (Wildman–Crippen MR) is 101 cm³/mol. The molecule has 1 amide bonds. The van der Waals surface area contributed by atoms with E-state index in [1.165, 1.54) is 18.4 Å². The summed E-state index contributed by atoms with van der Waals surface area (Å²) in [6.07, 6.45) is 7.69. The number of hydrogen-bond acceptors (Lipinski definition) is 4. The fourth-order valence-corrected chi connectivity index (χ4v) is 5.23. The number of hydrogen-bond donors (Lipinski definition) is 0. The van der Waals surface area contributed by atoms with E-state index in [0.717, 1.165) is 31.3 Å². The van der Waals surface area contributed by atoms with Crippen molar-refractivity contribution in [2.24, 2.45) is 11.8 Å². The zero-order valence-corrected chi connectivity index (χ0v) is 15.9. The van der Waals surface area contributed by atoms with Gasteiger partial charge in [0.25, 0.3) is 0 Å². The fraction of sp³-hybridized carbons (Fsp3) is 0.500. The van der Waals surface area contributed by atoms with Crippen molar-refractivity contribution in [3.8, 4) is 0 Å². The van der Waals surface area contributed by atoms with Crippen LogP contribution < -0.4 is 4.90 Å². The van der Waals surface area contributed by atoms with Crippen LogP contribution in [0.1, 0.15) is 44.1 Å². The van der Waals surface area contributed by atoms with Crippen LogP contribution in [0.15, 0.2) is 35.9 Å². The summed E-state index contributed by atoms with van der Waals surface area (Å²) >= 11 is 0. The Morgan fingerprint density at radius 1 is 1.15 bits per heavy atom. The Morgan fingerprint density at radius 2 is 1.85 bits per heavy atom. The van der Waals surface area contributed by atoms with Crippen LogP contribution in [0.3, 0.4) is 0 Å². The Hall–Kier alpha value is -2.43. The number of allylic oxidation sites excluding steroid dienone is 2. The standard InChI is InChI=1S/C22H25NO4/c1-23-18-11-7-6-10-16(18)22(21(23)26)17(20(25)27-2)12-15(13-19(22)24)14-8-4-3-5-9-14/h6-7,10-11,13-14,17H,3-5,8-9,12H2,1-2H3/t17-,22-/m0/s1. The van der Waals surface area contributed by atoms with E-state index in [0.29, 0.717) is 23.6 Å². The molecule has 0 radical (unpaired) electrons. The topological polar surface area (TPSA) is 63.7 Å². The molecule has 1 fully saturated rings. The number of carbonyl (C=O) groups excluding carboxylic acids is 3. The molecule has 0 N–H and O–H groups in total. The van der Waals surface area contributed by atoms with E-state index in [2.05, 4.69) is 0 Å². The first-order valence-corrected chi connectivity index (χ1v) is 9.72. The van der Waals surface area contributed by atoms with Gasteiger partial charge in [0.05, 0.1) is 13.0 Å². The average molecular weight is 367 g/mol. The summed E-state index contributed by atoms with van der Waals surface area (Å²) in [6.45, 7) is 0. The second-order valence-corrected chi connectivity index (χ2v) is 7.89. The maximum Gasteiger partial charge on any atom is 0.310 e. The van der Waals surface area contributed by atoms with Gasteiger partial charge in [-0.1, -0.05) is 43.0 Å². The van der Waals surface area contributed by atoms with E-state index in [-0.39, 0.29) is 11.7 Å². The van der Waals surface area contributed by atoms with Crippen LogP contribution in [0, 0.1) is 11.8 Å². The van der Waals surface area contributed by atoms with Gasteiger partial charge in [-0.05, 0) is 37.3 Å². The van der Waals surface area contributed by atoms with E-state index in [1.54, 1.807) is 19.2 Å². The van der Waals surface area contributed by atoms with Gasteiger partial charge in [-0.3, -0.25) is 14.4 Å². The summed E-state index contributed by atoms with van der Waals surface area (Å²) in [5, 5.41) is 0. The van der Waals surface area contributed by atoms with Gasteiger partial charge in [0.1, 0.15) is 0 Å². The number of anilines is 1. The highest BCUT2D eigenvalue weighted by Gasteiger charge is 2.63. The third-order valence-electron chi connectivity index (χ3n) is 6.62. The first-order chi connectivity index (χ1) is 13.0. The second-order valence-electron chi connectivity index (χ2n) is 7.89. The van der Waals surface area contributed by atoms with Crippen molar-refractivity contribution < 1.29 is 19.1 Å². The number of nitrogens with zero attached hydrogens (tertiary/aromatic N) is 1. The molecular formula is C22H25NO4. The van der Waals surface area contributed by atoms with Crippen LogP contribution in [-0.4, -0.2) is 31.8 Å². The number of benzene rings is 1. The molecule has 2 atom stereocenters. The van der Waals surface area contributed by atoms with Crippen molar-refractivity contribution >= 4 is 23.3 Å². The molecular weight excluding hydrogens is 342 g/mol. The number of carbonyl (C=O) groups is 3. The lowest BCUT2D eigenvalue weighted by molar-refractivity contribution is -0.154.